The van der Waals surface area contributed by atoms with Crippen LogP contribution in [0.15, 0.2) is 29.4 Å². The molecule has 6 nitrogen and oxygen atoms in total. The van der Waals surface area contributed by atoms with Crippen molar-refractivity contribution >= 4 is 12.2 Å². The minimum Gasteiger partial charge on any atom is -0.365 e. The predicted molar refractivity (Wildman–Crippen MR) is 56.4 cm³/mol. The number of benzene rings is 1. The lowest BCUT2D eigenvalue weighted by atomic mass is 10.2. The molecule has 0 aliphatic carbocycles. The van der Waals surface area contributed by atoms with E-state index in [1.54, 1.807) is 6.21 Å². The number of rotatable bonds is 2. The highest BCUT2D eigenvalue weighted by Gasteiger charge is 1.96. The van der Waals surface area contributed by atoms with Gasteiger partial charge in [0.05, 0.1) is 6.21 Å². The fraction of sp³-hybridized carbons (Fsp3) is 0.111. The van der Waals surface area contributed by atoms with Crippen LogP contribution in [-0.2, 0) is 0 Å². The topological polar surface area (TPSA) is 82.0 Å². The van der Waals surface area contributed by atoms with E-state index in [0.717, 1.165) is 5.56 Å². The third-order valence-electron chi connectivity index (χ3n) is 1.87. The van der Waals surface area contributed by atoms with Crippen molar-refractivity contribution in [2.45, 2.75) is 6.92 Å². The molecule has 2 N–H and O–H groups in total. The Morgan fingerprint density at radius 2 is 2.07 bits per heavy atom. The Morgan fingerprint density at radius 1 is 1.33 bits per heavy atom. The number of nitrogens with zero attached hydrogens (tertiary/aromatic N) is 5. The van der Waals surface area contributed by atoms with Crippen molar-refractivity contribution < 1.29 is 0 Å². The van der Waals surface area contributed by atoms with Crippen molar-refractivity contribution in [3.63, 3.8) is 0 Å². The van der Waals surface area contributed by atoms with Gasteiger partial charge in [-0.15, -0.1) is 0 Å². The zero-order valence-electron chi connectivity index (χ0n) is 8.20. The Morgan fingerprint density at radius 3 is 2.67 bits per heavy atom. The maximum Gasteiger partial charge on any atom is 0.263 e. The van der Waals surface area contributed by atoms with Crippen LogP contribution in [0.1, 0.15) is 11.1 Å². The maximum absolute atomic E-state index is 5.44. The zero-order valence-corrected chi connectivity index (χ0v) is 8.20. The van der Waals surface area contributed by atoms with Gasteiger partial charge in [-0.3, -0.25) is 0 Å². The standard InChI is InChI=1S/C9H10N6/c1-7-2-4-8(5-3-7)6-11-15-9(10)12-13-14-15/h2-6H,1H3,(H2,10,12,14). The van der Waals surface area contributed by atoms with E-state index in [2.05, 4.69) is 20.6 Å². The molecule has 0 atom stereocenters. The molecular weight excluding hydrogens is 192 g/mol. The normalized spacial score (nSPS) is 11.0. The summed E-state index contributed by atoms with van der Waals surface area (Å²) in [6.07, 6.45) is 1.64. The molecule has 0 unspecified atom stereocenters. The molecule has 1 aromatic heterocycles. The fourth-order valence-corrected chi connectivity index (χ4v) is 1.05. The molecule has 6 heteroatoms. The maximum atomic E-state index is 5.44. The summed E-state index contributed by atoms with van der Waals surface area (Å²) in [6.45, 7) is 2.03. The van der Waals surface area contributed by atoms with E-state index in [0.29, 0.717) is 0 Å². The van der Waals surface area contributed by atoms with E-state index in [4.69, 9.17) is 5.73 Å². The second kappa shape index (κ2) is 3.87. The first kappa shape index (κ1) is 9.32. The van der Waals surface area contributed by atoms with Crippen molar-refractivity contribution in [1.29, 1.82) is 0 Å². The Labute approximate surface area is 86.4 Å². The number of nitrogens with two attached hydrogens (primary N) is 1. The van der Waals surface area contributed by atoms with Crippen LogP contribution < -0.4 is 5.73 Å². The van der Waals surface area contributed by atoms with Crippen LogP contribution in [-0.4, -0.2) is 26.5 Å². The largest absolute Gasteiger partial charge is 0.365 e. The van der Waals surface area contributed by atoms with E-state index < -0.39 is 0 Å². The number of aryl methyl sites for hydroxylation is 1. The van der Waals surface area contributed by atoms with E-state index >= 15 is 0 Å². The lowest BCUT2D eigenvalue weighted by molar-refractivity contribution is 0.699. The number of aromatic nitrogens is 4. The van der Waals surface area contributed by atoms with Crippen LogP contribution in [0.3, 0.4) is 0 Å². The van der Waals surface area contributed by atoms with Gasteiger partial charge in [0, 0.05) is 0 Å². The number of nitrogen functional groups attached to an aromatic ring is 1. The summed E-state index contributed by atoms with van der Waals surface area (Å²) in [7, 11) is 0. The number of anilines is 1. The van der Waals surface area contributed by atoms with Gasteiger partial charge >= 0.3 is 0 Å². The van der Waals surface area contributed by atoms with Crippen LogP contribution >= 0.6 is 0 Å². The third kappa shape index (κ3) is 2.16. The smallest absolute Gasteiger partial charge is 0.263 e. The van der Waals surface area contributed by atoms with Gasteiger partial charge in [-0.05, 0) is 22.9 Å². The molecule has 76 valence electrons. The summed E-state index contributed by atoms with van der Waals surface area (Å²) in [5, 5.41) is 14.5. The monoisotopic (exact) mass is 202 g/mol. The minimum atomic E-state index is 0.165. The van der Waals surface area contributed by atoms with E-state index in [9.17, 15) is 0 Å². The van der Waals surface area contributed by atoms with Crippen molar-refractivity contribution in [3.05, 3.63) is 35.4 Å². The third-order valence-corrected chi connectivity index (χ3v) is 1.87. The van der Waals surface area contributed by atoms with Crippen LogP contribution in [0.4, 0.5) is 5.95 Å². The lowest BCUT2D eigenvalue weighted by Gasteiger charge is -1.94. The second-order valence-corrected chi connectivity index (χ2v) is 3.08. The van der Waals surface area contributed by atoms with Crippen molar-refractivity contribution in [2.75, 3.05) is 5.73 Å². The average Bonchev–Trinajstić information content (AvgIpc) is 2.63. The first-order valence-electron chi connectivity index (χ1n) is 4.40. The summed E-state index contributed by atoms with van der Waals surface area (Å²) < 4.78 is 0. The SMILES string of the molecule is Cc1ccc(C=Nn2nnnc2N)cc1. The summed E-state index contributed by atoms with van der Waals surface area (Å²) in [6, 6.07) is 7.92. The van der Waals surface area contributed by atoms with Crippen LogP contribution in [0.2, 0.25) is 0 Å². The summed E-state index contributed by atoms with van der Waals surface area (Å²) in [4.78, 5) is 1.17. The highest BCUT2D eigenvalue weighted by molar-refractivity contribution is 5.79. The van der Waals surface area contributed by atoms with Gasteiger partial charge in [-0.25, -0.2) is 0 Å². The molecule has 0 radical (unpaired) electrons. The van der Waals surface area contributed by atoms with Gasteiger partial charge < -0.3 is 5.73 Å². The predicted octanol–water partition coefficient (Wildman–Crippen LogP) is 0.446. The number of tetrazole rings is 1. The molecule has 0 saturated carbocycles. The summed E-state index contributed by atoms with van der Waals surface area (Å²) >= 11 is 0. The number of hydrogen-bond acceptors (Lipinski definition) is 5. The fourth-order valence-electron chi connectivity index (χ4n) is 1.05. The van der Waals surface area contributed by atoms with Gasteiger partial charge in [-0.1, -0.05) is 39.7 Å². The van der Waals surface area contributed by atoms with Gasteiger partial charge in [0.1, 0.15) is 0 Å². The van der Waals surface area contributed by atoms with E-state index in [-0.39, 0.29) is 5.95 Å². The quantitative estimate of drug-likeness (QED) is 0.716. The second-order valence-electron chi connectivity index (χ2n) is 3.08. The first-order valence-corrected chi connectivity index (χ1v) is 4.40. The molecule has 0 spiro atoms. The lowest BCUT2D eigenvalue weighted by Crippen LogP contribution is -1.99. The summed E-state index contributed by atoms with van der Waals surface area (Å²) in [5.41, 5.74) is 7.61. The van der Waals surface area contributed by atoms with Gasteiger partial charge in [-0.2, -0.15) is 5.10 Å². The van der Waals surface area contributed by atoms with Crippen LogP contribution in [0.25, 0.3) is 0 Å². The highest BCUT2D eigenvalue weighted by atomic mass is 15.7. The molecule has 1 heterocycles. The molecule has 0 amide bonds. The molecule has 2 aromatic rings. The molecule has 15 heavy (non-hydrogen) atoms. The van der Waals surface area contributed by atoms with E-state index in [1.807, 2.05) is 31.2 Å². The Bertz CT molecular complexity index is 470. The molecule has 0 aliphatic rings. The highest BCUT2D eigenvalue weighted by Crippen LogP contribution is 2.00. The minimum absolute atomic E-state index is 0.165. The van der Waals surface area contributed by atoms with Crippen molar-refractivity contribution in [2.24, 2.45) is 5.10 Å². The molecule has 0 bridgehead atoms. The van der Waals surface area contributed by atoms with Crippen LogP contribution in [0.5, 0.6) is 0 Å². The van der Waals surface area contributed by atoms with Gasteiger partial charge in [0.2, 0.25) is 0 Å². The molecule has 2 rings (SSSR count). The Hall–Kier alpha value is -2.24. The van der Waals surface area contributed by atoms with Crippen LogP contribution in [0, 0.1) is 6.92 Å². The molecule has 1 aromatic carbocycles. The molecule has 0 fully saturated rings. The Kier molecular flexibility index (Phi) is 2.40. The van der Waals surface area contributed by atoms with E-state index in [1.165, 1.54) is 10.4 Å². The zero-order chi connectivity index (χ0) is 10.7. The molecule has 0 aliphatic heterocycles. The summed E-state index contributed by atoms with van der Waals surface area (Å²) in [5.74, 6) is 0.165. The Balaban J connectivity index is 2.19. The van der Waals surface area contributed by atoms with Crippen molar-refractivity contribution in [3.8, 4) is 0 Å². The molecular formula is C9H10N6. The van der Waals surface area contributed by atoms with Gasteiger partial charge in [0.15, 0.2) is 0 Å². The van der Waals surface area contributed by atoms with Gasteiger partial charge in [0.25, 0.3) is 5.95 Å². The number of hydrogen-bond donors (Lipinski definition) is 1. The van der Waals surface area contributed by atoms with Crippen molar-refractivity contribution in [1.82, 2.24) is 20.3 Å². The average molecular weight is 202 g/mol. The first-order chi connectivity index (χ1) is 7.25. The molecule has 0 saturated heterocycles.